The van der Waals surface area contributed by atoms with Crippen LogP contribution < -0.4 is 14.9 Å². The number of hydrazone groups is 1. The van der Waals surface area contributed by atoms with Crippen molar-refractivity contribution in [2.45, 2.75) is 0 Å². The SMILES string of the molecule is O=C(N/N=C\c1ccc(OC(=O)c2cccc([N+](=O)[O-])c2)cc1)c1ccc(N=Cc2ccc(OC(=O)c3cccc([N+](=O)[O-])c3)cc2)cc1. The molecule has 0 unspecified atom stereocenters. The van der Waals surface area contributed by atoms with Crippen molar-refractivity contribution in [2.75, 3.05) is 0 Å². The van der Waals surface area contributed by atoms with E-state index >= 15 is 0 Å². The number of rotatable bonds is 11. The largest absolute Gasteiger partial charge is 0.423 e. The lowest BCUT2D eigenvalue weighted by molar-refractivity contribution is -0.385. The van der Waals surface area contributed by atoms with E-state index in [0.29, 0.717) is 22.4 Å². The van der Waals surface area contributed by atoms with Gasteiger partial charge >= 0.3 is 11.9 Å². The molecule has 0 fully saturated rings. The maximum Gasteiger partial charge on any atom is 0.343 e. The van der Waals surface area contributed by atoms with Crippen LogP contribution in [-0.4, -0.2) is 40.1 Å². The predicted molar refractivity (Wildman–Crippen MR) is 178 cm³/mol. The van der Waals surface area contributed by atoms with E-state index in [1.807, 2.05) is 0 Å². The first-order valence-corrected chi connectivity index (χ1v) is 14.3. The number of hydrogen-bond acceptors (Lipinski definition) is 11. The van der Waals surface area contributed by atoms with Gasteiger partial charge in [-0.05, 0) is 96.1 Å². The average molecular weight is 658 g/mol. The maximum absolute atomic E-state index is 12.5. The third kappa shape index (κ3) is 9.11. The van der Waals surface area contributed by atoms with Crippen molar-refractivity contribution in [1.29, 1.82) is 0 Å². The molecule has 0 saturated heterocycles. The van der Waals surface area contributed by atoms with Crippen LogP contribution in [0.2, 0.25) is 0 Å². The van der Waals surface area contributed by atoms with Crippen LogP contribution in [0.5, 0.6) is 11.5 Å². The van der Waals surface area contributed by atoms with E-state index in [-0.39, 0.29) is 34.0 Å². The fraction of sp³-hybridized carbons (Fsp3) is 0. The Morgan fingerprint density at radius 2 is 1.06 bits per heavy atom. The Kier molecular flexibility index (Phi) is 10.3. The van der Waals surface area contributed by atoms with E-state index in [4.69, 9.17) is 9.47 Å². The number of carbonyl (C=O) groups excluding carboxylic acids is 3. The number of benzene rings is 5. The molecule has 0 radical (unpaired) electrons. The summed E-state index contributed by atoms with van der Waals surface area (Å²) in [7, 11) is 0. The minimum atomic E-state index is -0.744. The minimum Gasteiger partial charge on any atom is -0.423 e. The topological polar surface area (TPSA) is 193 Å². The smallest absolute Gasteiger partial charge is 0.343 e. The molecule has 0 aliphatic carbocycles. The van der Waals surface area contributed by atoms with Gasteiger partial charge in [0, 0.05) is 36.0 Å². The molecule has 0 saturated carbocycles. The minimum absolute atomic E-state index is 0.0398. The molecule has 0 spiro atoms. The Hall–Kier alpha value is -7.35. The molecule has 242 valence electrons. The summed E-state index contributed by atoms with van der Waals surface area (Å²) in [6.07, 6.45) is 2.99. The van der Waals surface area contributed by atoms with Crippen molar-refractivity contribution in [3.8, 4) is 11.5 Å². The van der Waals surface area contributed by atoms with Gasteiger partial charge in [0.15, 0.2) is 0 Å². The summed E-state index contributed by atoms with van der Waals surface area (Å²) in [5, 5.41) is 25.8. The molecule has 5 aromatic rings. The Bertz CT molecular complexity index is 2090. The zero-order valence-electron chi connectivity index (χ0n) is 25.2. The highest BCUT2D eigenvalue weighted by molar-refractivity contribution is 5.95. The van der Waals surface area contributed by atoms with Crippen molar-refractivity contribution in [3.05, 3.63) is 169 Å². The molecule has 0 aromatic heterocycles. The average Bonchev–Trinajstić information content (AvgIpc) is 3.12. The second-order valence-electron chi connectivity index (χ2n) is 10.0. The first-order valence-electron chi connectivity index (χ1n) is 14.3. The van der Waals surface area contributed by atoms with Gasteiger partial charge in [0.1, 0.15) is 11.5 Å². The number of nitrogens with zero attached hydrogens (tertiary/aromatic N) is 4. The zero-order valence-corrected chi connectivity index (χ0v) is 25.2. The van der Waals surface area contributed by atoms with E-state index in [2.05, 4.69) is 15.5 Å². The number of carbonyl (C=O) groups is 3. The number of nitrogens with one attached hydrogen (secondary N) is 1. The van der Waals surface area contributed by atoms with E-state index < -0.39 is 27.7 Å². The summed E-state index contributed by atoms with van der Waals surface area (Å²) < 4.78 is 10.6. The van der Waals surface area contributed by atoms with Gasteiger partial charge in [-0.1, -0.05) is 12.1 Å². The van der Waals surface area contributed by atoms with E-state index in [1.54, 1.807) is 66.9 Å². The van der Waals surface area contributed by atoms with Crippen LogP contribution in [0, 0.1) is 20.2 Å². The van der Waals surface area contributed by atoms with Gasteiger partial charge in [0.25, 0.3) is 17.3 Å². The molecular formula is C35H23N5O9. The third-order valence-corrected chi connectivity index (χ3v) is 6.64. The number of nitro benzene ring substituents is 2. The van der Waals surface area contributed by atoms with E-state index in [9.17, 15) is 34.6 Å². The highest BCUT2D eigenvalue weighted by Gasteiger charge is 2.15. The quantitative estimate of drug-likeness (QED) is 0.0546. The van der Waals surface area contributed by atoms with Gasteiger partial charge in [-0.2, -0.15) is 5.10 Å². The Labute approximate surface area is 277 Å². The van der Waals surface area contributed by atoms with E-state index in [1.165, 1.54) is 54.7 Å². The van der Waals surface area contributed by atoms with Gasteiger partial charge in [0.05, 0.1) is 32.9 Å². The lowest BCUT2D eigenvalue weighted by atomic mass is 10.2. The first-order chi connectivity index (χ1) is 23.6. The molecule has 0 heterocycles. The highest BCUT2D eigenvalue weighted by atomic mass is 16.6. The van der Waals surface area contributed by atoms with E-state index in [0.717, 1.165) is 12.1 Å². The van der Waals surface area contributed by atoms with Crippen LogP contribution in [-0.2, 0) is 0 Å². The molecule has 0 atom stereocenters. The van der Waals surface area contributed by atoms with Crippen LogP contribution in [0.4, 0.5) is 17.1 Å². The molecule has 49 heavy (non-hydrogen) atoms. The summed E-state index contributed by atoms with van der Waals surface area (Å²) in [6.45, 7) is 0. The fourth-order valence-corrected chi connectivity index (χ4v) is 4.15. The van der Waals surface area contributed by atoms with Crippen LogP contribution >= 0.6 is 0 Å². The van der Waals surface area contributed by atoms with Crippen molar-refractivity contribution in [2.24, 2.45) is 10.1 Å². The Balaban J connectivity index is 1.09. The number of non-ortho nitro benzene ring substituents is 2. The van der Waals surface area contributed by atoms with Crippen molar-refractivity contribution < 1.29 is 33.7 Å². The standard InChI is InChI=1S/C35H23N5O9/c41-33(38-37-22-24-9-17-32(18-10-24)49-35(43)27-4-2-6-30(20-27)40(46)47)25-11-13-28(14-12-25)36-21-23-7-15-31(16-8-23)48-34(42)26-3-1-5-29(19-26)39(44)45/h1-22H,(H,38,41)/b36-21?,37-22-. The number of esters is 2. The summed E-state index contributed by atoms with van der Waals surface area (Å²) in [6, 6.07) is 29.7. The molecule has 14 nitrogen and oxygen atoms in total. The second kappa shape index (κ2) is 15.3. The lowest BCUT2D eigenvalue weighted by Crippen LogP contribution is -2.17. The Morgan fingerprint density at radius 1 is 0.592 bits per heavy atom. The third-order valence-electron chi connectivity index (χ3n) is 6.64. The van der Waals surface area contributed by atoms with Crippen molar-refractivity contribution >= 4 is 47.3 Å². The number of nitro groups is 2. The maximum atomic E-state index is 12.5. The molecule has 1 N–H and O–H groups in total. The molecule has 5 aromatic carbocycles. The van der Waals surface area contributed by atoms with Crippen molar-refractivity contribution in [3.63, 3.8) is 0 Å². The highest BCUT2D eigenvalue weighted by Crippen LogP contribution is 2.20. The van der Waals surface area contributed by atoms with Crippen LogP contribution in [0.15, 0.2) is 131 Å². The number of hydrogen-bond donors (Lipinski definition) is 1. The normalized spacial score (nSPS) is 10.9. The van der Waals surface area contributed by atoms with Gasteiger partial charge in [-0.15, -0.1) is 0 Å². The lowest BCUT2D eigenvalue weighted by Gasteiger charge is -2.05. The molecular weight excluding hydrogens is 634 g/mol. The monoisotopic (exact) mass is 657 g/mol. The number of aliphatic imine (C=N–C) groups is 1. The van der Waals surface area contributed by atoms with Gasteiger partial charge in [0.2, 0.25) is 0 Å². The van der Waals surface area contributed by atoms with Gasteiger partial charge in [-0.3, -0.25) is 30.0 Å². The second-order valence-corrected chi connectivity index (χ2v) is 10.0. The molecule has 14 heteroatoms. The fourth-order valence-electron chi connectivity index (χ4n) is 4.15. The molecule has 0 aliphatic heterocycles. The molecule has 0 bridgehead atoms. The predicted octanol–water partition coefficient (Wildman–Crippen LogP) is 6.46. The number of ether oxygens (including phenoxy) is 2. The van der Waals surface area contributed by atoms with Crippen LogP contribution in [0.1, 0.15) is 42.2 Å². The molecule has 5 rings (SSSR count). The summed E-state index contributed by atoms with van der Waals surface area (Å²) >= 11 is 0. The summed E-state index contributed by atoms with van der Waals surface area (Å²) in [4.78, 5) is 62.2. The number of amides is 1. The Morgan fingerprint density at radius 3 is 1.53 bits per heavy atom. The van der Waals surface area contributed by atoms with Gasteiger partial charge < -0.3 is 9.47 Å². The zero-order chi connectivity index (χ0) is 34.8. The summed E-state index contributed by atoms with van der Waals surface area (Å²) in [5.74, 6) is -1.45. The van der Waals surface area contributed by atoms with Crippen molar-refractivity contribution in [1.82, 2.24) is 5.43 Å². The van der Waals surface area contributed by atoms with Crippen LogP contribution in [0.25, 0.3) is 0 Å². The molecule has 0 aliphatic rings. The van der Waals surface area contributed by atoms with Crippen LogP contribution in [0.3, 0.4) is 0 Å². The molecule has 1 amide bonds. The first kappa shape index (κ1) is 33.0. The van der Waals surface area contributed by atoms with Gasteiger partial charge in [-0.25, -0.2) is 15.0 Å². The summed E-state index contributed by atoms with van der Waals surface area (Å²) in [5.41, 5.74) is 4.32.